The zero-order valence-corrected chi connectivity index (χ0v) is 7.64. The molecule has 15 heavy (non-hydrogen) atoms. The summed E-state index contributed by atoms with van der Waals surface area (Å²) < 4.78 is 0. The van der Waals surface area contributed by atoms with Gasteiger partial charge >= 0.3 is 11.9 Å². The topological polar surface area (TPSA) is 91.7 Å². The van der Waals surface area contributed by atoms with E-state index in [-0.39, 0.29) is 12.0 Å². The number of hydrogen-bond acceptors (Lipinski definition) is 3. The van der Waals surface area contributed by atoms with Gasteiger partial charge in [-0.15, -0.1) is 0 Å². The van der Waals surface area contributed by atoms with Crippen LogP contribution in [0.5, 0.6) is 0 Å². The van der Waals surface area contributed by atoms with Crippen molar-refractivity contribution in [1.29, 1.82) is 0 Å². The van der Waals surface area contributed by atoms with Crippen molar-refractivity contribution in [3.8, 4) is 0 Å². The Morgan fingerprint density at radius 2 is 1.80 bits per heavy atom. The maximum atomic E-state index is 10.8. The molecule has 0 atom stereocenters. The van der Waals surface area contributed by atoms with Crippen LogP contribution in [0, 0.1) is 0 Å². The summed E-state index contributed by atoms with van der Waals surface area (Å²) in [7, 11) is 0. The summed E-state index contributed by atoms with van der Waals surface area (Å²) in [5.41, 5.74) is 0.410. The summed E-state index contributed by atoms with van der Waals surface area (Å²) in [5, 5.41) is 17.0. The van der Waals surface area contributed by atoms with Crippen LogP contribution >= 0.6 is 0 Å². The van der Waals surface area contributed by atoms with Crippen molar-refractivity contribution >= 4 is 17.7 Å². The molecule has 0 aliphatic heterocycles. The van der Waals surface area contributed by atoms with Gasteiger partial charge < -0.3 is 10.2 Å². The molecule has 0 amide bonds. The average molecular weight is 208 g/mol. The SMILES string of the molecule is O=C(O)C(=O)Cc1cccc(C(=O)O)c1. The van der Waals surface area contributed by atoms with Gasteiger partial charge in [-0.1, -0.05) is 12.1 Å². The average Bonchev–Trinajstić information content (AvgIpc) is 2.18. The van der Waals surface area contributed by atoms with Crippen molar-refractivity contribution in [2.45, 2.75) is 6.42 Å². The number of aromatic carboxylic acids is 1. The zero-order valence-electron chi connectivity index (χ0n) is 7.64. The molecule has 1 aromatic carbocycles. The van der Waals surface area contributed by atoms with Crippen LogP contribution in [0.4, 0.5) is 0 Å². The van der Waals surface area contributed by atoms with Gasteiger partial charge in [0.1, 0.15) is 0 Å². The normalized spacial score (nSPS) is 9.60. The van der Waals surface area contributed by atoms with Gasteiger partial charge in [-0.25, -0.2) is 9.59 Å². The number of ketones is 1. The second-order valence-electron chi connectivity index (χ2n) is 2.91. The first-order valence-corrected chi connectivity index (χ1v) is 4.09. The predicted molar refractivity (Wildman–Crippen MR) is 49.7 cm³/mol. The van der Waals surface area contributed by atoms with Crippen LogP contribution in [0.3, 0.4) is 0 Å². The van der Waals surface area contributed by atoms with Crippen LogP contribution in [-0.4, -0.2) is 27.9 Å². The largest absolute Gasteiger partial charge is 0.478 e. The number of hydrogen-bond donors (Lipinski definition) is 2. The Labute approximate surface area is 85.0 Å². The number of benzene rings is 1. The molecule has 2 N–H and O–H groups in total. The van der Waals surface area contributed by atoms with Crippen LogP contribution in [-0.2, 0) is 16.0 Å². The molecule has 1 rings (SSSR count). The highest BCUT2D eigenvalue weighted by atomic mass is 16.4. The maximum Gasteiger partial charge on any atom is 0.372 e. The Morgan fingerprint density at radius 3 is 2.33 bits per heavy atom. The predicted octanol–water partition coefficient (Wildman–Crippen LogP) is 0.581. The van der Waals surface area contributed by atoms with Crippen LogP contribution in [0.2, 0.25) is 0 Å². The minimum Gasteiger partial charge on any atom is -0.478 e. The Morgan fingerprint density at radius 1 is 1.13 bits per heavy atom. The molecule has 0 saturated heterocycles. The van der Waals surface area contributed by atoms with Crippen LogP contribution < -0.4 is 0 Å². The van der Waals surface area contributed by atoms with E-state index in [2.05, 4.69) is 0 Å². The summed E-state index contributed by atoms with van der Waals surface area (Å²) in [4.78, 5) is 31.7. The maximum absolute atomic E-state index is 10.8. The van der Waals surface area contributed by atoms with Crippen molar-refractivity contribution < 1.29 is 24.6 Å². The second kappa shape index (κ2) is 4.36. The molecule has 0 aliphatic rings. The monoisotopic (exact) mass is 208 g/mol. The Balaban J connectivity index is 2.87. The molecule has 0 aromatic heterocycles. The summed E-state index contributed by atoms with van der Waals surface area (Å²) in [6, 6.07) is 5.63. The lowest BCUT2D eigenvalue weighted by Crippen LogP contribution is -2.15. The standard InChI is InChI=1S/C10H8O5/c11-8(10(14)15)5-6-2-1-3-7(4-6)9(12)13/h1-4H,5H2,(H,12,13)(H,14,15). The molecule has 1 aromatic rings. The van der Waals surface area contributed by atoms with Crippen molar-refractivity contribution in [2.24, 2.45) is 0 Å². The highest BCUT2D eigenvalue weighted by Crippen LogP contribution is 2.06. The molecule has 0 saturated carbocycles. The van der Waals surface area contributed by atoms with Crippen molar-refractivity contribution in [3.05, 3.63) is 35.4 Å². The van der Waals surface area contributed by atoms with E-state index in [0.717, 1.165) is 0 Å². The third kappa shape index (κ3) is 2.91. The van der Waals surface area contributed by atoms with E-state index in [9.17, 15) is 14.4 Å². The highest BCUT2D eigenvalue weighted by Gasteiger charge is 2.12. The van der Waals surface area contributed by atoms with E-state index in [4.69, 9.17) is 10.2 Å². The Kier molecular flexibility index (Phi) is 3.17. The molecule has 0 bridgehead atoms. The fourth-order valence-corrected chi connectivity index (χ4v) is 1.08. The van der Waals surface area contributed by atoms with E-state index in [1.807, 2.05) is 0 Å². The van der Waals surface area contributed by atoms with E-state index < -0.39 is 17.7 Å². The van der Waals surface area contributed by atoms with Crippen molar-refractivity contribution in [1.82, 2.24) is 0 Å². The Bertz CT molecular complexity index is 422. The van der Waals surface area contributed by atoms with E-state index in [1.165, 1.54) is 24.3 Å². The molecule has 0 fully saturated rings. The molecule has 0 unspecified atom stereocenters. The number of carboxylic acids is 2. The van der Waals surface area contributed by atoms with Crippen LogP contribution in [0.25, 0.3) is 0 Å². The van der Waals surface area contributed by atoms with Gasteiger partial charge in [-0.2, -0.15) is 0 Å². The van der Waals surface area contributed by atoms with Gasteiger partial charge in [0.15, 0.2) is 0 Å². The summed E-state index contributed by atoms with van der Waals surface area (Å²) in [6.45, 7) is 0. The first-order chi connectivity index (χ1) is 7.00. The lowest BCUT2D eigenvalue weighted by molar-refractivity contribution is -0.148. The minimum absolute atomic E-state index is 0.0330. The lowest BCUT2D eigenvalue weighted by atomic mass is 10.1. The fourth-order valence-electron chi connectivity index (χ4n) is 1.08. The lowest BCUT2D eigenvalue weighted by Gasteiger charge is -1.99. The van der Waals surface area contributed by atoms with Crippen LogP contribution in [0.15, 0.2) is 24.3 Å². The van der Waals surface area contributed by atoms with E-state index in [1.54, 1.807) is 0 Å². The summed E-state index contributed by atoms with van der Waals surface area (Å²) >= 11 is 0. The molecule has 5 heteroatoms. The minimum atomic E-state index is -1.52. The molecule has 0 heterocycles. The van der Waals surface area contributed by atoms with Crippen molar-refractivity contribution in [2.75, 3.05) is 0 Å². The number of carboxylic acid groups (broad SMARTS) is 2. The van der Waals surface area contributed by atoms with Crippen LogP contribution in [0.1, 0.15) is 15.9 Å². The quantitative estimate of drug-likeness (QED) is 0.706. The van der Waals surface area contributed by atoms with Gasteiger partial charge in [-0.05, 0) is 17.7 Å². The highest BCUT2D eigenvalue weighted by molar-refractivity contribution is 6.33. The summed E-state index contributed by atoms with van der Waals surface area (Å²) in [5.74, 6) is -3.59. The van der Waals surface area contributed by atoms with Gasteiger partial charge in [0.2, 0.25) is 5.78 Å². The van der Waals surface area contributed by atoms with Gasteiger partial charge in [0.05, 0.1) is 5.56 Å². The zero-order chi connectivity index (χ0) is 11.4. The molecule has 0 aliphatic carbocycles. The fraction of sp³-hybridized carbons (Fsp3) is 0.100. The molecule has 5 nitrogen and oxygen atoms in total. The second-order valence-corrected chi connectivity index (χ2v) is 2.91. The molecule has 0 spiro atoms. The third-order valence-electron chi connectivity index (χ3n) is 1.78. The first-order valence-electron chi connectivity index (χ1n) is 4.09. The van der Waals surface area contributed by atoms with Gasteiger partial charge in [0, 0.05) is 6.42 Å². The number of Topliss-reactive ketones (excluding diaryl/α,β-unsaturated/α-hetero) is 1. The smallest absolute Gasteiger partial charge is 0.372 e. The van der Waals surface area contributed by atoms with Gasteiger partial charge in [-0.3, -0.25) is 4.79 Å². The molecular formula is C10H8O5. The van der Waals surface area contributed by atoms with E-state index >= 15 is 0 Å². The molecular weight excluding hydrogens is 200 g/mol. The number of carbonyl (C=O) groups is 3. The third-order valence-corrected chi connectivity index (χ3v) is 1.78. The van der Waals surface area contributed by atoms with Gasteiger partial charge in [0.25, 0.3) is 0 Å². The number of aliphatic carboxylic acids is 1. The molecule has 78 valence electrons. The molecule has 0 radical (unpaired) electrons. The van der Waals surface area contributed by atoms with Crippen molar-refractivity contribution in [3.63, 3.8) is 0 Å². The number of carbonyl (C=O) groups excluding carboxylic acids is 1. The summed E-state index contributed by atoms with van der Waals surface area (Å²) in [6.07, 6.45) is -0.295. The Hall–Kier alpha value is -2.17. The number of rotatable bonds is 4. The first kappa shape index (κ1) is 10.9. The van der Waals surface area contributed by atoms with E-state index in [0.29, 0.717) is 5.56 Å².